The van der Waals surface area contributed by atoms with Crippen molar-refractivity contribution in [3.63, 3.8) is 0 Å². The van der Waals surface area contributed by atoms with E-state index in [1.54, 1.807) is 18.2 Å². The van der Waals surface area contributed by atoms with Gasteiger partial charge in [0.05, 0.1) is 27.3 Å². The molecule has 0 spiro atoms. The molecule has 8 heteroatoms. The van der Waals surface area contributed by atoms with Crippen molar-refractivity contribution in [2.75, 3.05) is 5.32 Å². The van der Waals surface area contributed by atoms with Crippen LogP contribution in [0.1, 0.15) is 10.4 Å². The van der Waals surface area contributed by atoms with E-state index in [2.05, 4.69) is 5.32 Å². The first-order valence-electron chi connectivity index (χ1n) is 5.63. The highest BCUT2D eigenvalue weighted by atomic mass is 35.5. The van der Waals surface area contributed by atoms with Crippen LogP contribution in [0.2, 0.25) is 10.0 Å². The molecule has 0 bridgehead atoms. The second-order valence-electron chi connectivity index (χ2n) is 4.01. The fourth-order valence-electron chi connectivity index (χ4n) is 1.63. The number of nitrogens with zero attached hydrogens (tertiary/aromatic N) is 1. The summed E-state index contributed by atoms with van der Waals surface area (Å²) >= 11 is 11.6. The minimum atomic E-state index is -0.734. The number of benzene rings is 2. The lowest BCUT2D eigenvalue weighted by molar-refractivity contribution is -0.384. The van der Waals surface area contributed by atoms with E-state index in [0.29, 0.717) is 0 Å². The third-order valence-corrected chi connectivity index (χ3v) is 3.26. The van der Waals surface area contributed by atoms with E-state index >= 15 is 0 Å². The zero-order valence-corrected chi connectivity index (χ0v) is 11.9. The number of amides is 1. The highest BCUT2D eigenvalue weighted by molar-refractivity contribution is 6.35. The molecule has 1 amide bonds. The summed E-state index contributed by atoms with van der Waals surface area (Å²) in [6, 6.07) is 8.30. The number of anilines is 1. The molecule has 0 atom stereocenters. The molecule has 2 aromatic rings. The van der Waals surface area contributed by atoms with Crippen LogP contribution in [0.5, 0.6) is 5.75 Å². The number of nitro benzene ring substituents is 1. The second kappa shape index (κ2) is 5.99. The van der Waals surface area contributed by atoms with Crippen LogP contribution in [0.25, 0.3) is 0 Å². The molecule has 0 aliphatic carbocycles. The van der Waals surface area contributed by atoms with Gasteiger partial charge in [0, 0.05) is 0 Å². The normalized spacial score (nSPS) is 10.2. The van der Waals surface area contributed by atoms with Gasteiger partial charge in [-0.15, -0.1) is 0 Å². The van der Waals surface area contributed by atoms with Gasteiger partial charge < -0.3 is 10.4 Å². The molecule has 6 nitrogen and oxygen atoms in total. The average Bonchev–Trinajstić information content (AvgIpc) is 2.42. The first-order valence-corrected chi connectivity index (χ1v) is 6.38. The lowest BCUT2D eigenvalue weighted by Gasteiger charge is -2.09. The molecule has 2 N–H and O–H groups in total. The first kappa shape index (κ1) is 15.1. The van der Waals surface area contributed by atoms with Gasteiger partial charge in [0.15, 0.2) is 0 Å². The van der Waals surface area contributed by atoms with Gasteiger partial charge in [-0.3, -0.25) is 14.9 Å². The number of rotatable bonds is 3. The Hall–Kier alpha value is -2.31. The van der Waals surface area contributed by atoms with Crippen molar-refractivity contribution in [2.24, 2.45) is 0 Å². The third kappa shape index (κ3) is 3.24. The molecule has 2 rings (SSSR count). The summed E-state index contributed by atoms with van der Waals surface area (Å²) in [4.78, 5) is 22.0. The maximum absolute atomic E-state index is 12.0. The number of hydrogen-bond donors (Lipinski definition) is 2. The van der Waals surface area contributed by atoms with Crippen LogP contribution in [0.3, 0.4) is 0 Å². The van der Waals surface area contributed by atoms with Crippen molar-refractivity contribution >= 4 is 40.5 Å². The average molecular weight is 327 g/mol. The molecule has 0 aromatic heterocycles. The van der Waals surface area contributed by atoms with Crippen molar-refractivity contribution in [1.29, 1.82) is 0 Å². The van der Waals surface area contributed by atoms with Crippen LogP contribution in [0.15, 0.2) is 36.4 Å². The van der Waals surface area contributed by atoms with Crippen LogP contribution in [0, 0.1) is 10.1 Å². The van der Waals surface area contributed by atoms with Crippen molar-refractivity contribution in [2.45, 2.75) is 0 Å². The van der Waals surface area contributed by atoms with Crippen molar-refractivity contribution in [3.05, 3.63) is 62.1 Å². The Balaban J connectivity index is 2.32. The highest BCUT2D eigenvalue weighted by Crippen LogP contribution is 2.35. The fourth-order valence-corrected chi connectivity index (χ4v) is 2.08. The quantitative estimate of drug-likeness (QED) is 0.508. The monoisotopic (exact) mass is 326 g/mol. The van der Waals surface area contributed by atoms with Gasteiger partial charge in [-0.25, -0.2) is 0 Å². The van der Waals surface area contributed by atoms with Gasteiger partial charge >= 0.3 is 0 Å². The summed E-state index contributed by atoms with van der Waals surface area (Å²) < 4.78 is 0. The summed E-state index contributed by atoms with van der Waals surface area (Å²) in [5, 5.41) is 22.8. The van der Waals surface area contributed by atoms with E-state index in [0.717, 1.165) is 12.1 Å². The largest absolute Gasteiger partial charge is 0.506 e. The summed E-state index contributed by atoms with van der Waals surface area (Å²) in [5.41, 5.74) is -0.298. The Kier molecular flexibility index (Phi) is 4.30. The predicted molar refractivity (Wildman–Crippen MR) is 79.2 cm³/mol. The topological polar surface area (TPSA) is 92.5 Å². The number of phenolic OH excluding ortho intramolecular Hbond substituents is 1. The van der Waals surface area contributed by atoms with Crippen LogP contribution in [0.4, 0.5) is 11.4 Å². The van der Waals surface area contributed by atoms with Crippen LogP contribution in [-0.2, 0) is 0 Å². The van der Waals surface area contributed by atoms with E-state index in [1.165, 1.54) is 6.07 Å². The number of aromatic hydroxyl groups is 1. The van der Waals surface area contributed by atoms with E-state index < -0.39 is 22.3 Å². The van der Waals surface area contributed by atoms with E-state index in [1.807, 2.05) is 0 Å². The first-order chi connectivity index (χ1) is 9.90. The molecule has 0 radical (unpaired) electrons. The molecule has 0 saturated carbocycles. The SMILES string of the molecule is O=C(Nc1cc(Cl)c([N+](=O)[O-])cc1O)c1ccccc1Cl. The van der Waals surface area contributed by atoms with Crippen molar-refractivity contribution < 1.29 is 14.8 Å². The maximum atomic E-state index is 12.0. The number of halogens is 2. The molecular formula is C13H8Cl2N2O4. The number of nitro groups is 1. The molecule has 2 aromatic carbocycles. The molecule has 0 aliphatic heterocycles. The summed E-state index contributed by atoms with van der Waals surface area (Å²) in [7, 11) is 0. The standard InChI is InChI=1S/C13H8Cl2N2O4/c14-8-4-2-1-3-7(8)13(19)16-10-5-9(15)11(17(20)21)6-12(10)18/h1-6,18H,(H,16,19). The van der Waals surface area contributed by atoms with E-state index in [-0.39, 0.29) is 21.3 Å². The molecule has 0 unspecified atom stereocenters. The molecule has 0 heterocycles. The van der Waals surface area contributed by atoms with Crippen LogP contribution >= 0.6 is 23.2 Å². The Bertz CT molecular complexity index is 734. The zero-order chi connectivity index (χ0) is 15.6. The fraction of sp³-hybridized carbons (Fsp3) is 0. The summed E-state index contributed by atoms with van der Waals surface area (Å²) in [5.74, 6) is -1.03. The summed E-state index contributed by atoms with van der Waals surface area (Å²) in [6.07, 6.45) is 0. The minimum Gasteiger partial charge on any atom is -0.506 e. The zero-order valence-electron chi connectivity index (χ0n) is 10.3. The predicted octanol–water partition coefficient (Wildman–Crippen LogP) is 3.86. The highest BCUT2D eigenvalue weighted by Gasteiger charge is 2.18. The van der Waals surface area contributed by atoms with Crippen LogP contribution in [-0.4, -0.2) is 15.9 Å². The second-order valence-corrected chi connectivity index (χ2v) is 4.83. The Morgan fingerprint density at radius 3 is 2.48 bits per heavy atom. The minimum absolute atomic E-state index is 0.0458. The maximum Gasteiger partial charge on any atom is 0.291 e. The molecule has 0 aliphatic rings. The molecule has 108 valence electrons. The number of carbonyl (C=O) groups excluding carboxylic acids is 1. The summed E-state index contributed by atoms with van der Waals surface area (Å²) in [6.45, 7) is 0. The number of hydrogen-bond acceptors (Lipinski definition) is 4. The van der Waals surface area contributed by atoms with Crippen molar-refractivity contribution in [3.8, 4) is 5.75 Å². The van der Waals surface area contributed by atoms with Gasteiger partial charge in [0.1, 0.15) is 10.8 Å². The molecular weight excluding hydrogens is 319 g/mol. The Morgan fingerprint density at radius 2 is 1.86 bits per heavy atom. The van der Waals surface area contributed by atoms with E-state index in [9.17, 15) is 20.0 Å². The Morgan fingerprint density at radius 1 is 1.19 bits per heavy atom. The Labute approximate surface area is 129 Å². The van der Waals surface area contributed by atoms with Crippen LogP contribution < -0.4 is 5.32 Å². The van der Waals surface area contributed by atoms with Gasteiger partial charge in [-0.2, -0.15) is 0 Å². The lowest BCUT2D eigenvalue weighted by Crippen LogP contribution is -2.12. The van der Waals surface area contributed by atoms with Crippen molar-refractivity contribution in [1.82, 2.24) is 0 Å². The molecule has 0 fully saturated rings. The third-order valence-electron chi connectivity index (χ3n) is 2.63. The number of phenols is 1. The van der Waals surface area contributed by atoms with Gasteiger partial charge in [0.25, 0.3) is 11.6 Å². The smallest absolute Gasteiger partial charge is 0.291 e. The molecule has 0 saturated heterocycles. The molecule has 21 heavy (non-hydrogen) atoms. The van der Waals surface area contributed by atoms with E-state index in [4.69, 9.17) is 23.2 Å². The van der Waals surface area contributed by atoms with Gasteiger partial charge in [-0.05, 0) is 18.2 Å². The number of carbonyl (C=O) groups is 1. The lowest BCUT2D eigenvalue weighted by atomic mass is 10.2. The number of nitrogens with one attached hydrogen (secondary N) is 1. The van der Waals surface area contributed by atoms with Gasteiger partial charge in [0.2, 0.25) is 0 Å². The van der Waals surface area contributed by atoms with Gasteiger partial charge in [-0.1, -0.05) is 35.3 Å².